The largest absolute Gasteiger partial charge is 0.357 e. The maximum Gasteiger partial charge on any atom is 0.274 e. The van der Waals surface area contributed by atoms with E-state index < -0.39 is 0 Å². The molecule has 0 fully saturated rings. The molecule has 0 aromatic carbocycles. The van der Waals surface area contributed by atoms with Gasteiger partial charge < -0.3 is 10.2 Å². The maximum absolute atomic E-state index is 12.7. The van der Waals surface area contributed by atoms with Crippen LogP contribution in [0, 0.1) is 13.8 Å². The van der Waals surface area contributed by atoms with Gasteiger partial charge in [-0.3, -0.25) is 9.48 Å². The molecule has 4 heterocycles. The van der Waals surface area contributed by atoms with Crippen LogP contribution < -0.4 is 10.2 Å². The molecule has 3 aromatic rings. The van der Waals surface area contributed by atoms with Gasteiger partial charge >= 0.3 is 0 Å². The monoisotopic (exact) mass is 448 g/mol. The van der Waals surface area contributed by atoms with Crippen LogP contribution >= 0.6 is 0 Å². The topological polar surface area (TPSA) is 118 Å². The first-order chi connectivity index (χ1) is 15.9. The second-order valence-electron chi connectivity index (χ2n) is 7.66. The Morgan fingerprint density at radius 1 is 1.12 bits per heavy atom. The average Bonchev–Trinajstić information content (AvgIpc) is 3.44. The molecule has 3 aromatic heterocycles. The normalized spacial score (nSPS) is 13.9. The zero-order valence-electron chi connectivity index (χ0n) is 19.8. The molecule has 0 aliphatic carbocycles. The highest BCUT2D eigenvalue weighted by Gasteiger charge is 2.32. The van der Waals surface area contributed by atoms with Gasteiger partial charge in [0.2, 0.25) is 11.6 Å². The molecule has 0 saturated carbocycles. The van der Waals surface area contributed by atoms with Crippen molar-refractivity contribution in [2.45, 2.75) is 34.6 Å². The molecule has 1 aliphatic rings. The number of anilines is 1. The van der Waals surface area contributed by atoms with Gasteiger partial charge in [-0.15, -0.1) is 15.0 Å². The molecule has 11 heteroatoms. The fourth-order valence-electron chi connectivity index (χ4n) is 3.55. The molecule has 1 amide bonds. The summed E-state index contributed by atoms with van der Waals surface area (Å²) in [6.07, 6.45) is 0. The smallest absolute Gasteiger partial charge is 0.274 e. The molecule has 0 saturated heterocycles. The van der Waals surface area contributed by atoms with Gasteiger partial charge in [0.05, 0.1) is 11.4 Å². The van der Waals surface area contributed by atoms with E-state index in [1.54, 1.807) is 4.68 Å². The quantitative estimate of drug-likeness (QED) is 0.591. The van der Waals surface area contributed by atoms with E-state index in [9.17, 15) is 4.79 Å². The highest BCUT2D eigenvalue weighted by atomic mass is 16.2. The number of pyridine rings is 1. The number of aromatic nitrogens is 6. The van der Waals surface area contributed by atoms with Gasteiger partial charge in [-0.1, -0.05) is 0 Å². The Bertz CT molecular complexity index is 1240. The lowest BCUT2D eigenvalue weighted by atomic mass is 10.2. The molecule has 0 bridgehead atoms. The third-order valence-electron chi connectivity index (χ3n) is 5.48. The van der Waals surface area contributed by atoms with E-state index in [1.165, 1.54) is 4.79 Å². The van der Waals surface area contributed by atoms with E-state index in [4.69, 9.17) is 9.98 Å². The van der Waals surface area contributed by atoms with Crippen LogP contribution in [-0.4, -0.2) is 66.6 Å². The van der Waals surface area contributed by atoms with E-state index in [2.05, 4.69) is 44.3 Å². The second kappa shape index (κ2) is 8.93. The van der Waals surface area contributed by atoms with Gasteiger partial charge in [-0.05, 0) is 52.8 Å². The summed E-state index contributed by atoms with van der Waals surface area (Å²) in [5, 5.41) is 16.0. The number of carbonyl (C=O) groups excluding carboxylic acids is 1. The van der Waals surface area contributed by atoms with Gasteiger partial charge in [0.1, 0.15) is 17.2 Å². The number of aryl methyl sites for hydroxylation is 3. The van der Waals surface area contributed by atoms with Crippen molar-refractivity contribution in [2.24, 2.45) is 17.1 Å². The molecule has 33 heavy (non-hydrogen) atoms. The first-order valence-corrected chi connectivity index (χ1v) is 11.0. The fourth-order valence-corrected chi connectivity index (χ4v) is 3.55. The lowest BCUT2D eigenvalue weighted by Crippen LogP contribution is -2.34. The SMILES string of the molecule is CCNC(=O)C1=Nn2nc(-c3cc(C)n(C)n3)nc2/C1=N\c1ccc(N(CC)CC)nc1C. The molecule has 172 valence electrons. The average molecular weight is 449 g/mol. The number of nitrogens with one attached hydrogen (secondary N) is 1. The highest BCUT2D eigenvalue weighted by Crippen LogP contribution is 2.25. The van der Waals surface area contributed by atoms with Gasteiger partial charge in [-0.25, -0.2) is 15.0 Å². The van der Waals surface area contributed by atoms with Crippen LogP contribution in [-0.2, 0) is 11.8 Å². The van der Waals surface area contributed by atoms with Crippen LogP contribution in [0.1, 0.15) is 38.0 Å². The van der Waals surface area contributed by atoms with Crippen LogP contribution in [0.25, 0.3) is 11.5 Å². The van der Waals surface area contributed by atoms with Crippen molar-refractivity contribution >= 4 is 28.8 Å². The van der Waals surface area contributed by atoms with Crippen molar-refractivity contribution in [1.82, 2.24) is 35.0 Å². The molecule has 4 rings (SSSR count). The van der Waals surface area contributed by atoms with Crippen molar-refractivity contribution in [2.75, 3.05) is 24.5 Å². The zero-order chi connectivity index (χ0) is 23.7. The number of amides is 1. The van der Waals surface area contributed by atoms with E-state index in [0.717, 1.165) is 30.3 Å². The Hall–Kier alpha value is -3.89. The molecule has 1 N–H and O–H groups in total. The van der Waals surface area contributed by atoms with Crippen LogP contribution in [0.5, 0.6) is 0 Å². The maximum atomic E-state index is 12.7. The number of aliphatic imine (C=N–C) groups is 1. The van der Waals surface area contributed by atoms with Crippen LogP contribution in [0.4, 0.5) is 11.5 Å². The minimum atomic E-state index is -0.329. The third kappa shape index (κ3) is 4.13. The highest BCUT2D eigenvalue weighted by molar-refractivity contribution is 6.70. The van der Waals surface area contributed by atoms with Crippen molar-refractivity contribution < 1.29 is 4.79 Å². The van der Waals surface area contributed by atoms with E-state index >= 15 is 0 Å². The predicted octanol–water partition coefficient (Wildman–Crippen LogP) is 2.01. The standard InChI is InChI=1S/C22H28N10O/c1-7-23-22(33)19-18(25-15-10-11-17(24-14(15)5)31(8-2)9-3)21-26-20(29-32(21)28-19)16-12-13(4)30(6)27-16/h10-12H,7-9H2,1-6H3,(H,23,33)/b25-18-. The lowest BCUT2D eigenvalue weighted by molar-refractivity contribution is -0.114. The van der Waals surface area contributed by atoms with Crippen molar-refractivity contribution in [3.05, 3.63) is 35.4 Å². The van der Waals surface area contributed by atoms with Crippen molar-refractivity contribution in [3.8, 4) is 11.5 Å². The Labute approximate surface area is 192 Å². The summed E-state index contributed by atoms with van der Waals surface area (Å²) in [7, 11) is 1.86. The number of hydrogen-bond donors (Lipinski definition) is 1. The summed E-state index contributed by atoms with van der Waals surface area (Å²) < 4.78 is 1.76. The zero-order valence-corrected chi connectivity index (χ0v) is 19.8. The van der Waals surface area contributed by atoms with Gasteiger partial charge in [0, 0.05) is 32.4 Å². The molecule has 11 nitrogen and oxygen atoms in total. The van der Waals surface area contributed by atoms with Gasteiger partial charge in [-0.2, -0.15) is 5.10 Å². The van der Waals surface area contributed by atoms with E-state index in [-0.39, 0.29) is 11.6 Å². The molecule has 0 radical (unpaired) electrons. The number of nitrogens with zero attached hydrogens (tertiary/aromatic N) is 9. The van der Waals surface area contributed by atoms with E-state index in [1.807, 2.05) is 46.0 Å². The number of carbonyl (C=O) groups is 1. The summed E-state index contributed by atoms with van der Waals surface area (Å²) in [5.41, 5.74) is 3.53. The number of fused-ring (bicyclic) bond motifs is 1. The molecule has 0 atom stereocenters. The van der Waals surface area contributed by atoms with Crippen molar-refractivity contribution in [1.29, 1.82) is 0 Å². The summed E-state index contributed by atoms with van der Waals surface area (Å²) in [5.74, 6) is 1.37. The lowest BCUT2D eigenvalue weighted by Gasteiger charge is -2.20. The van der Waals surface area contributed by atoms with Gasteiger partial charge in [0.15, 0.2) is 5.71 Å². The number of rotatable bonds is 7. The summed E-state index contributed by atoms with van der Waals surface area (Å²) >= 11 is 0. The second-order valence-corrected chi connectivity index (χ2v) is 7.66. The minimum absolute atomic E-state index is 0.169. The Kier molecular flexibility index (Phi) is 6.03. The third-order valence-corrected chi connectivity index (χ3v) is 5.48. The molecule has 0 unspecified atom stereocenters. The van der Waals surface area contributed by atoms with Crippen molar-refractivity contribution in [3.63, 3.8) is 0 Å². The van der Waals surface area contributed by atoms with Crippen LogP contribution in [0.15, 0.2) is 28.3 Å². The first-order valence-electron chi connectivity index (χ1n) is 11.0. The molecule has 0 spiro atoms. The Morgan fingerprint density at radius 3 is 2.48 bits per heavy atom. The molecular weight excluding hydrogens is 420 g/mol. The fraction of sp³-hybridized carbons (Fsp3) is 0.409. The molecular formula is C22H28N10O. The summed E-state index contributed by atoms with van der Waals surface area (Å²) in [6, 6.07) is 5.74. The van der Waals surface area contributed by atoms with Gasteiger partial charge in [0.25, 0.3) is 5.91 Å². The summed E-state index contributed by atoms with van der Waals surface area (Å²) in [4.78, 5) is 30.3. The first kappa shape index (κ1) is 22.3. The predicted molar refractivity (Wildman–Crippen MR) is 127 cm³/mol. The van der Waals surface area contributed by atoms with Crippen LogP contribution in [0.2, 0.25) is 0 Å². The Morgan fingerprint density at radius 2 is 1.88 bits per heavy atom. The number of hydrogen-bond acceptors (Lipinski definition) is 8. The minimum Gasteiger partial charge on any atom is -0.357 e. The Balaban J connectivity index is 1.78. The van der Waals surface area contributed by atoms with E-state index in [0.29, 0.717) is 35.3 Å². The molecule has 1 aliphatic heterocycles. The summed E-state index contributed by atoms with van der Waals surface area (Å²) in [6.45, 7) is 12.1. The van der Waals surface area contributed by atoms with Crippen LogP contribution in [0.3, 0.4) is 0 Å².